The number of anilines is 1. The molecule has 1 atom stereocenters. The van der Waals surface area contributed by atoms with Crippen LogP contribution >= 0.6 is 15.9 Å². The molecule has 6 nitrogen and oxygen atoms in total. The number of hydrogen-bond acceptors (Lipinski definition) is 4. The fourth-order valence-corrected chi connectivity index (χ4v) is 3.10. The molecule has 2 amide bonds. The zero-order chi connectivity index (χ0) is 18.8. The molecule has 0 aromatic heterocycles. The fraction of sp³-hybridized carbons (Fsp3) is 0.556. The molecule has 1 aromatic rings. The number of benzene rings is 1. The van der Waals surface area contributed by atoms with Crippen molar-refractivity contribution in [2.45, 2.75) is 38.8 Å². The van der Waals surface area contributed by atoms with Gasteiger partial charge in [-0.05, 0) is 59.5 Å². The summed E-state index contributed by atoms with van der Waals surface area (Å²) >= 11 is 3.40. The normalized spacial score (nSPS) is 17.7. The van der Waals surface area contributed by atoms with Crippen molar-refractivity contribution in [2.24, 2.45) is 0 Å². The van der Waals surface area contributed by atoms with Crippen LogP contribution in [-0.2, 0) is 4.74 Å². The summed E-state index contributed by atoms with van der Waals surface area (Å²) in [6.07, 6.45) is 0.373. The van der Waals surface area contributed by atoms with Crippen molar-refractivity contribution in [1.82, 2.24) is 9.80 Å². The highest BCUT2D eigenvalue weighted by atomic mass is 79.9. The Kier molecular flexibility index (Phi) is 6.11. The highest BCUT2D eigenvalue weighted by Crippen LogP contribution is 2.25. The van der Waals surface area contributed by atoms with E-state index in [2.05, 4.69) is 26.1 Å². The molecular formula is C18H26BrN3O3. The predicted molar refractivity (Wildman–Crippen MR) is 102 cm³/mol. The van der Waals surface area contributed by atoms with Crippen molar-refractivity contribution in [2.75, 3.05) is 32.5 Å². The lowest BCUT2D eigenvalue weighted by molar-refractivity contribution is 0.0636. The fourth-order valence-electron chi connectivity index (χ4n) is 2.73. The van der Waals surface area contributed by atoms with E-state index in [9.17, 15) is 9.59 Å². The van der Waals surface area contributed by atoms with Gasteiger partial charge < -0.3 is 14.5 Å². The molecule has 1 aromatic carbocycles. The quantitative estimate of drug-likeness (QED) is 0.825. The Hall–Kier alpha value is -1.60. The number of amides is 2. The second-order valence-corrected chi connectivity index (χ2v) is 8.39. The summed E-state index contributed by atoms with van der Waals surface area (Å²) in [4.78, 5) is 29.0. The molecule has 0 saturated carbocycles. The van der Waals surface area contributed by atoms with Crippen LogP contribution in [0, 0.1) is 0 Å². The van der Waals surface area contributed by atoms with E-state index in [0.29, 0.717) is 30.4 Å². The van der Waals surface area contributed by atoms with E-state index in [1.165, 1.54) is 0 Å². The minimum atomic E-state index is -0.600. The van der Waals surface area contributed by atoms with Gasteiger partial charge in [-0.15, -0.1) is 0 Å². The van der Waals surface area contributed by atoms with Crippen LogP contribution in [0.1, 0.15) is 37.6 Å². The topological polar surface area (TPSA) is 61.9 Å². The smallest absolute Gasteiger partial charge is 0.412 e. The molecule has 0 aliphatic carbocycles. The standard InChI is InChI=1S/C18H26BrN3O3/c1-18(2,3)25-17(24)20-15-7-6-12(19)10-14(15)16(23)22-9-8-13(11-22)21(4)5/h6-7,10,13H,8-9,11H2,1-5H3,(H,20,24). The van der Waals surface area contributed by atoms with E-state index in [1.807, 2.05) is 19.0 Å². The minimum Gasteiger partial charge on any atom is -0.444 e. The van der Waals surface area contributed by atoms with Crippen molar-refractivity contribution >= 4 is 33.6 Å². The summed E-state index contributed by atoms with van der Waals surface area (Å²) in [5.74, 6) is -0.0864. The Labute approximate surface area is 157 Å². The molecule has 2 rings (SSSR count). The first-order valence-electron chi connectivity index (χ1n) is 8.32. The summed E-state index contributed by atoms with van der Waals surface area (Å²) in [5.41, 5.74) is 0.313. The first kappa shape index (κ1) is 19.7. The average molecular weight is 412 g/mol. The second-order valence-electron chi connectivity index (χ2n) is 7.47. The van der Waals surface area contributed by atoms with Crippen LogP contribution < -0.4 is 5.32 Å². The Bertz CT molecular complexity index is 655. The zero-order valence-electron chi connectivity index (χ0n) is 15.4. The van der Waals surface area contributed by atoms with Gasteiger partial charge in [0.25, 0.3) is 5.91 Å². The number of carbonyl (C=O) groups is 2. The molecule has 25 heavy (non-hydrogen) atoms. The van der Waals surface area contributed by atoms with Gasteiger partial charge in [0.2, 0.25) is 0 Å². The Balaban J connectivity index is 2.18. The van der Waals surface area contributed by atoms with Gasteiger partial charge in [-0.1, -0.05) is 15.9 Å². The summed E-state index contributed by atoms with van der Waals surface area (Å²) in [5, 5.41) is 2.69. The zero-order valence-corrected chi connectivity index (χ0v) is 17.0. The highest BCUT2D eigenvalue weighted by molar-refractivity contribution is 9.10. The third kappa shape index (κ3) is 5.44. The first-order valence-corrected chi connectivity index (χ1v) is 9.11. The number of likely N-dealkylation sites (tertiary alicyclic amines) is 1. The highest BCUT2D eigenvalue weighted by Gasteiger charge is 2.29. The Morgan fingerprint density at radius 1 is 1.32 bits per heavy atom. The van der Waals surface area contributed by atoms with Gasteiger partial charge in [0.1, 0.15) is 5.60 Å². The van der Waals surface area contributed by atoms with E-state index in [0.717, 1.165) is 10.9 Å². The molecular weight excluding hydrogens is 386 g/mol. The minimum absolute atomic E-state index is 0.0864. The maximum atomic E-state index is 12.9. The molecule has 1 aliphatic rings. The van der Waals surface area contributed by atoms with Gasteiger partial charge in [-0.3, -0.25) is 10.1 Å². The van der Waals surface area contributed by atoms with Crippen LogP contribution in [0.3, 0.4) is 0 Å². The molecule has 1 saturated heterocycles. The Morgan fingerprint density at radius 2 is 2.00 bits per heavy atom. The van der Waals surface area contributed by atoms with Crippen LogP contribution in [0.2, 0.25) is 0 Å². The molecule has 1 N–H and O–H groups in total. The van der Waals surface area contributed by atoms with Crippen molar-refractivity contribution in [1.29, 1.82) is 0 Å². The number of carbonyl (C=O) groups excluding carboxylic acids is 2. The summed E-state index contributed by atoms with van der Waals surface area (Å²) < 4.78 is 6.07. The van der Waals surface area contributed by atoms with Crippen LogP contribution in [0.25, 0.3) is 0 Å². The number of ether oxygens (including phenoxy) is 1. The summed E-state index contributed by atoms with van der Waals surface area (Å²) in [6.45, 7) is 6.79. The molecule has 1 unspecified atom stereocenters. The lowest BCUT2D eigenvalue weighted by Gasteiger charge is -2.23. The van der Waals surface area contributed by atoms with Crippen LogP contribution in [-0.4, -0.2) is 60.6 Å². The third-order valence-corrected chi connectivity index (χ3v) is 4.52. The van der Waals surface area contributed by atoms with Gasteiger partial charge in [0, 0.05) is 23.6 Å². The van der Waals surface area contributed by atoms with Gasteiger partial charge >= 0.3 is 6.09 Å². The van der Waals surface area contributed by atoms with Gasteiger partial charge in [0.15, 0.2) is 0 Å². The van der Waals surface area contributed by atoms with Crippen molar-refractivity contribution in [3.63, 3.8) is 0 Å². The number of nitrogens with zero attached hydrogens (tertiary/aromatic N) is 2. The Morgan fingerprint density at radius 3 is 2.56 bits per heavy atom. The number of halogens is 1. The average Bonchev–Trinajstić information content (AvgIpc) is 2.96. The molecule has 1 fully saturated rings. The number of hydrogen-bond donors (Lipinski definition) is 1. The summed E-state index contributed by atoms with van der Waals surface area (Å²) in [7, 11) is 4.04. The van der Waals surface area contributed by atoms with Crippen LogP contribution in [0.5, 0.6) is 0 Å². The van der Waals surface area contributed by atoms with E-state index in [1.54, 1.807) is 39.0 Å². The maximum absolute atomic E-state index is 12.9. The summed E-state index contributed by atoms with van der Waals surface area (Å²) in [6, 6.07) is 5.59. The van der Waals surface area contributed by atoms with E-state index < -0.39 is 11.7 Å². The van der Waals surface area contributed by atoms with Crippen molar-refractivity contribution < 1.29 is 14.3 Å². The number of nitrogens with one attached hydrogen (secondary N) is 1. The molecule has 0 bridgehead atoms. The maximum Gasteiger partial charge on any atom is 0.412 e. The number of rotatable bonds is 3. The lowest BCUT2D eigenvalue weighted by atomic mass is 10.1. The van der Waals surface area contributed by atoms with E-state index >= 15 is 0 Å². The SMILES string of the molecule is CN(C)C1CCN(C(=O)c2cc(Br)ccc2NC(=O)OC(C)(C)C)C1. The monoisotopic (exact) mass is 411 g/mol. The van der Waals surface area contributed by atoms with Crippen molar-refractivity contribution in [3.05, 3.63) is 28.2 Å². The predicted octanol–water partition coefficient (Wildman–Crippen LogP) is 3.57. The number of likely N-dealkylation sites (N-methyl/N-ethyl adjacent to an activating group) is 1. The van der Waals surface area contributed by atoms with Crippen LogP contribution in [0.4, 0.5) is 10.5 Å². The third-order valence-electron chi connectivity index (χ3n) is 4.03. The molecule has 7 heteroatoms. The first-order chi connectivity index (χ1) is 11.6. The van der Waals surface area contributed by atoms with Crippen LogP contribution in [0.15, 0.2) is 22.7 Å². The molecule has 1 heterocycles. The molecule has 138 valence electrons. The molecule has 0 spiro atoms. The molecule has 1 aliphatic heterocycles. The second kappa shape index (κ2) is 7.74. The van der Waals surface area contributed by atoms with Gasteiger partial charge in [-0.25, -0.2) is 4.79 Å². The van der Waals surface area contributed by atoms with Crippen molar-refractivity contribution in [3.8, 4) is 0 Å². The van der Waals surface area contributed by atoms with Gasteiger partial charge in [0.05, 0.1) is 11.3 Å². The van der Waals surface area contributed by atoms with Gasteiger partial charge in [-0.2, -0.15) is 0 Å². The lowest BCUT2D eigenvalue weighted by Crippen LogP contribution is -2.35. The van der Waals surface area contributed by atoms with E-state index in [-0.39, 0.29) is 5.91 Å². The molecule has 0 radical (unpaired) electrons. The van der Waals surface area contributed by atoms with E-state index in [4.69, 9.17) is 4.74 Å². The largest absolute Gasteiger partial charge is 0.444 e.